The maximum Gasteiger partial charge on any atom is 0.321 e. The van der Waals surface area contributed by atoms with Crippen molar-refractivity contribution in [1.82, 2.24) is 25.8 Å². The molecule has 1 aromatic carbocycles. The van der Waals surface area contributed by atoms with Crippen molar-refractivity contribution >= 4 is 23.7 Å². The van der Waals surface area contributed by atoms with Crippen LogP contribution < -0.4 is 10.6 Å². The van der Waals surface area contributed by atoms with E-state index in [4.69, 9.17) is 0 Å². The van der Waals surface area contributed by atoms with E-state index in [0.717, 1.165) is 22.9 Å². The molecule has 0 radical (unpaired) electrons. The number of hydrogen-bond donors (Lipinski definition) is 3. The molecule has 0 bridgehead atoms. The predicted octanol–water partition coefficient (Wildman–Crippen LogP) is 2.50. The molecule has 0 atom stereocenters. The standard InChI is InChI=1S/C16H21N5O2S/c1-10-5-7-11(8-6-10)13-18-15(21-20-13)24-9-12(22)17-14(23)19-16(2,3)4/h5-8H,9H2,1-4H3,(H,18,20,21)(H2,17,19,22,23). The van der Waals surface area contributed by atoms with Crippen LogP contribution in [-0.2, 0) is 4.79 Å². The third-order valence-electron chi connectivity index (χ3n) is 2.86. The zero-order valence-electron chi connectivity index (χ0n) is 14.1. The quantitative estimate of drug-likeness (QED) is 0.738. The molecule has 3 N–H and O–H groups in total. The second-order valence-corrected chi connectivity index (χ2v) is 7.32. The molecule has 0 saturated heterocycles. The van der Waals surface area contributed by atoms with Crippen LogP contribution >= 0.6 is 11.8 Å². The topological polar surface area (TPSA) is 99.8 Å². The lowest BCUT2D eigenvalue weighted by Gasteiger charge is -2.20. The van der Waals surface area contributed by atoms with Crippen molar-refractivity contribution in [2.45, 2.75) is 38.4 Å². The Kier molecular flexibility index (Phi) is 5.61. The van der Waals surface area contributed by atoms with Crippen LogP contribution in [0.2, 0.25) is 0 Å². The van der Waals surface area contributed by atoms with Gasteiger partial charge in [0.05, 0.1) is 5.75 Å². The molecule has 0 unspecified atom stereocenters. The van der Waals surface area contributed by atoms with Crippen LogP contribution in [0.15, 0.2) is 29.4 Å². The number of aromatic nitrogens is 3. The average molecular weight is 347 g/mol. The van der Waals surface area contributed by atoms with E-state index < -0.39 is 17.5 Å². The average Bonchev–Trinajstić information content (AvgIpc) is 2.92. The van der Waals surface area contributed by atoms with E-state index in [1.165, 1.54) is 0 Å². The molecule has 2 aromatic rings. The summed E-state index contributed by atoms with van der Waals surface area (Å²) in [5.74, 6) is 0.301. The zero-order valence-corrected chi connectivity index (χ0v) is 15.0. The first-order chi connectivity index (χ1) is 11.2. The van der Waals surface area contributed by atoms with Gasteiger partial charge < -0.3 is 5.32 Å². The van der Waals surface area contributed by atoms with Crippen molar-refractivity contribution in [2.75, 3.05) is 5.75 Å². The highest BCUT2D eigenvalue weighted by Crippen LogP contribution is 2.19. The number of rotatable bonds is 4. The Morgan fingerprint density at radius 3 is 2.50 bits per heavy atom. The Bertz CT molecular complexity index is 719. The number of benzene rings is 1. The summed E-state index contributed by atoms with van der Waals surface area (Å²) < 4.78 is 0. The molecule has 24 heavy (non-hydrogen) atoms. The third kappa shape index (κ3) is 5.69. The summed E-state index contributed by atoms with van der Waals surface area (Å²) in [4.78, 5) is 27.7. The molecule has 0 saturated carbocycles. The Balaban J connectivity index is 1.85. The van der Waals surface area contributed by atoms with Gasteiger partial charge in [-0.15, -0.1) is 5.10 Å². The fraction of sp³-hybridized carbons (Fsp3) is 0.375. The summed E-state index contributed by atoms with van der Waals surface area (Å²) in [6.07, 6.45) is 0. The van der Waals surface area contributed by atoms with Crippen molar-refractivity contribution in [2.24, 2.45) is 0 Å². The van der Waals surface area contributed by atoms with Crippen molar-refractivity contribution in [3.05, 3.63) is 29.8 Å². The Labute approximate surface area is 145 Å². The van der Waals surface area contributed by atoms with E-state index in [2.05, 4.69) is 25.8 Å². The number of carbonyl (C=O) groups excluding carboxylic acids is 2. The highest BCUT2D eigenvalue weighted by molar-refractivity contribution is 7.99. The Hall–Kier alpha value is -2.35. The molecule has 0 aliphatic rings. The van der Waals surface area contributed by atoms with Gasteiger partial charge in [-0.1, -0.05) is 41.6 Å². The van der Waals surface area contributed by atoms with Gasteiger partial charge in [0.1, 0.15) is 0 Å². The molecule has 0 spiro atoms. The Morgan fingerprint density at radius 2 is 1.88 bits per heavy atom. The van der Waals surface area contributed by atoms with Crippen molar-refractivity contribution in [1.29, 1.82) is 0 Å². The minimum atomic E-state index is -0.511. The number of thioether (sulfide) groups is 1. The highest BCUT2D eigenvalue weighted by Gasteiger charge is 2.16. The lowest BCUT2D eigenvalue weighted by atomic mass is 10.1. The number of aromatic amines is 1. The van der Waals surface area contributed by atoms with E-state index in [1.54, 1.807) is 0 Å². The molecule has 3 amide bonds. The number of amides is 3. The third-order valence-corrected chi connectivity index (χ3v) is 3.71. The molecular formula is C16H21N5O2S. The summed E-state index contributed by atoms with van der Waals surface area (Å²) in [6, 6.07) is 7.38. The van der Waals surface area contributed by atoms with E-state index in [1.807, 2.05) is 52.0 Å². The number of carbonyl (C=O) groups is 2. The van der Waals surface area contributed by atoms with Gasteiger partial charge in [-0.05, 0) is 27.7 Å². The molecule has 7 nitrogen and oxygen atoms in total. The number of H-pyrrole nitrogens is 1. The lowest BCUT2D eigenvalue weighted by Crippen LogP contribution is -2.48. The molecule has 1 aromatic heterocycles. The number of nitrogens with zero attached hydrogens (tertiary/aromatic N) is 2. The molecule has 0 fully saturated rings. The van der Waals surface area contributed by atoms with Gasteiger partial charge in [-0.25, -0.2) is 9.78 Å². The van der Waals surface area contributed by atoms with E-state index in [0.29, 0.717) is 11.0 Å². The van der Waals surface area contributed by atoms with Crippen molar-refractivity contribution in [3.63, 3.8) is 0 Å². The lowest BCUT2D eigenvalue weighted by molar-refractivity contribution is -0.117. The molecular weight excluding hydrogens is 326 g/mol. The summed E-state index contributed by atoms with van der Waals surface area (Å²) in [5, 5.41) is 12.3. The molecule has 128 valence electrons. The summed E-state index contributed by atoms with van der Waals surface area (Å²) in [6.45, 7) is 7.53. The van der Waals surface area contributed by atoms with Crippen LogP contribution in [0.3, 0.4) is 0 Å². The fourth-order valence-corrected chi connectivity index (χ4v) is 2.41. The predicted molar refractivity (Wildman–Crippen MR) is 93.7 cm³/mol. The van der Waals surface area contributed by atoms with Gasteiger partial charge in [0.15, 0.2) is 5.82 Å². The molecule has 0 aliphatic carbocycles. The summed E-state index contributed by atoms with van der Waals surface area (Å²) in [7, 11) is 0. The first kappa shape index (κ1) is 18.0. The zero-order chi connectivity index (χ0) is 17.7. The second kappa shape index (κ2) is 7.48. The number of hydrogen-bond acceptors (Lipinski definition) is 5. The fourth-order valence-electron chi connectivity index (χ4n) is 1.82. The largest absolute Gasteiger partial charge is 0.333 e. The van der Waals surface area contributed by atoms with E-state index in [-0.39, 0.29) is 5.75 Å². The number of nitrogens with one attached hydrogen (secondary N) is 3. The van der Waals surface area contributed by atoms with E-state index >= 15 is 0 Å². The maximum atomic E-state index is 11.8. The van der Waals surface area contributed by atoms with Crippen LogP contribution in [0, 0.1) is 6.92 Å². The van der Waals surface area contributed by atoms with Gasteiger partial charge in [-0.2, -0.15) is 0 Å². The van der Waals surface area contributed by atoms with E-state index in [9.17, 15) is 9.59 Å². The highest BCUT2D eigenvalue weighted by atomic mass is 32.2. The first-order valence-corrected chi connectivity index (χ1v) is 8.46. The SMILES string of the molecule is Cc1ccc(-c2nc(SCC(=O)NC(=O)NC(C)(C)C)n[nH]2)cc1. The van der Waals surface area contributed by atoms with Crippen molar-refractivity contribution in [3.8, 4) is 11.4 Å². The van der Waals surface area contributed by atoms with Crippen LogP contribution in [-0.4, -0.2) is 38.4 Å². The summed E-state index contributed by atoms with van der Waals surface area (Å²) >= 11 is 1.16. The maximum absolute atomic E-state index is 11.8. The van der Waals surface area contributed by atoms with Crippen molar-refractivity contribution < 1.29 is 9.59 Å². The smallest absolute Gasteiger partial charge is 0.321 e. The molecule has 8 heteroatoms. The Morgan fingerprint density at radius 1 is 1.21 bits per heavy atom. The van der Waals surface area contributed by atoms with Gasteiger partial charge in [-0.3, -0.25) is 15.2 Å². The minimum Gasteiger partial charge on any atom is -0.333 e. The number of aryl methyl sites for hydroxylation is 1. The van der Waals surface area contributed by atoms with Gasteiger partial charge in [0, 0.05) is 11.1 Å². The minimum absolute atomic E-state index is 0.0583. The molecule has 1 heterocycles. The number of urea groups is 1. The first-order valence-electron chi connectivity index (χ1n) is 7.47. The monoisotopic (exact) mass is 347 g/mol. The molecule has 0 aliphatic heterocycles. The van der Waals surface area contributed by atoms with Gasteiger partial charge in [0.2, 0.25) is 11.1 Å². The van der Waals surface area contributed by atoms with Gasteiger partial charge >= 0.3 is 6.03 Å². The van der Waals surface area contributed by atoms with Crippen LogP contribution in [0.1, 0.15) is 26.3 Å². The van der Waals surface area contributed by atoms with Crippen LogP contribution in [0.5, 0.6) is 0 Å². The number of imide groups is 1. The van der Waals surface area contributed by atoms with Crippen LogP contribution in [0.4, 0.5) is 4.79 Å². The molecule has 2 rings (SSSR count). The second-order valence-electron chi connectivity index (χ2n) is 6.37. The summed E-state index contributed by atoms with van der Waals surface area (Å²) in [5.41, 5.74) is 1.69. The van der Waals surface area contributed by atoms with Crippen LogP contribution in [0.25, 0.3) is 11.4 Å². The van der Waals surface area contributed by atoms with Gasteiger partial charge in [0.25, 0.3) is 0 Å². The normalized spacial score (nSPS) is 11.2.